The SMILES string of the molecule is CCOC(=O)Nc1cc(C(=O)O)c([N+](=O)[O-])cc1C(=O)O. The van der Waals surface area contributed by atoms with E-state index in [-0.39, 0.29) is 6.61 Å². The van der Waals surface area contributed by atoms with Gasteiger partial charge in [0.2, 0.25) is 0 Å². The van der Waals surface area contributed by atoms with Gasteiger partial charge in [-0.3, -0.25) is 15.4 Å². The molecule has 1 aromatic carbocycles. The zero-order valence-corrected chi connectivity index (χ0v) is 10.7. The van der Waals surface area contributed by atoms with Gasteiger partial charge in [-0.2, -0.15) is 0 Å². The van der Waals surface area contributed by atoms with E-state index < -0.39 is 45.5 Å². The number of nitrogens with one attached hydrogen (secondary N) is 1. The van der Waals surface area contributed by atoms with Crippen molar-refractivity contribution in [3.05, 3.63) is 33.4 Å². The summed E-state index contributed by atoms with van der Waals surface area (Å²) < 4.78 is 4.53. The Labute approximate surface area is 117 Å². The molecule has 0 saturated heterocycles. The molecule has 0 aliphatic rings. The smallest absolute Gasteiger partial charge is 0.411 e. The summed E-state index contributed by atoms with van der Waals surface area (Å²) in [7, 11) is 0. The molecule has 0 heterocycles. The molecule has 10 heteroatoms. The second-order valence-electron chi connectivity index (χ2n) is 3.63. The third-order valence-corrected chi connectivity index (χ3v) is 2.31. The quantitative estimate of drug-likeness (QED) is 0.546. The molecule has 0 radical (unpaired) electrons. The van der Waals surface area contributed by atoms with Gasteiger partial charge in [0.1, 0.15) is 5.56 Å². The molecule has 0 bridgehead atoms. The van der Waals surface area contributed by atoms with Gasteiger partial charge in [0.15, 0.2) is 0 Å². The van der Waals surface area contributed by atoms with Crippen molar-refractivity contribution < 1.29 is 34.3 Å². The lowest BCUT2D eigenvalue weighted by atomic mass is 10.1. The lowest BCUT2D eigenvalue weighted by Gasteiger charge is -2.09. The molecule has 0 spiro atoms. The first-order valence-electron chi connectivity index (χ1n) is 5.50. The fourth-order valence-corrected chi connectivity index (χ4v) is 1.47. The van der Waals surface area contributed by atoms with Gasteiger partial charge in [0.25, 0.3) is 5.69 Å². The van der Waals surface area contributed by atoms with Crippen molar-refractivity contribution in [1.82, 2.24) is 0 Å². The number of ether oxygens (including phenoxy) is 1. The number of aromatic carboxylic acids is 2. The summed E-state index contributed by atoms with van der Waals surface area (Å²) >= 11 is 0. The molecule has 112 valence electrons. The number of hydrogen-bond donors (Lipinski definition) is 3. The maximum absolute atomic E-state index is 11.3. The number of amides is 1. The first kappa shape index (κ1) is 15.9. The van der Waals surface area contributed by atoms with Crippen LogP contribution in [0.2, 0.25) is 0 Å². The van der Waals surface area contributed by atoms with E-state index in [4.69, 9.17) is 10.2 Å². The standard InChI is InChI=1S/C11H10N2O8/c1-2-21-11(18)12-7-3-6(10(16)17)8(13(19)20)4-5(7)9(14)15/h3-4H,2H2,1H3,(H,12,18)(H,14,15)(H,16,17). The van der Waals surface area contributed by atoms with Crippen molar-refractivity contribution in [1.29, 1.82) is 0 Å². The minimum absolute atomic E-state index is 0.00695. The van der Waals surface area contributed by atoms with E-state index in [2.05, 4.69) is 4.74 Å². The van der Waals surface area contributed by atoms with Crippen LogP contribution in [0.4, 0.5) is 16.2 Å². The predicted octanol–water partition coefficient (Wildman–Crippen LogP) is 1.56. The molecule has 0 aromatic heterocycles. The molecular weight excluding hydrogens is 288 g/mol. The summed E-state index contributed by atoms with van der Waals surface area (Å²) in [6.07, 6.45) is -1.01. The van der Waals surface area contributed by atoms with Gasteiger partial charge >= 0.3 is 18.0 Å². The molecule has 0 unspecified atom stereocenters. The number of carbonyl (C=O) groups excluding carboxylic acids is 1. The Hall–Kier alpha value is -3.17. The van der Waals surface area contributed by atoms with Gasteiger partial charge in [-0.25, -0.2) is 14.4 Å². The van der Waals surface area contributed by atoms with Crippen LogP contribution in [0.25, 0.3) is 0 Å². The van der Waals surface area contributed by atoms with E-state index in [1.165, 1.54) is 6.92 Å². The molecular formula is C11H10N2O8. The van der Waals surface area contributed by atoms with Gasteiger partial charge in [-0.15, -0.1) is 0 Å². The van der Waals surface area contributed by atoms with Crippen LogP contribution in [0, 0.1) is 10.1 Å². The number of hydrogen-bond acceptors (Lipinski definition) is 6. The van der Waals surface area contributed by atoms with Crippen molar-refractivity contribution >= 4 is 29.4 Å². The number of carbonyl (C=O) groups is 3. The van der Waals surface area contributed by atoms with Crippen LogP contribution in [0.3, 0.4) is 0 Å². The number of carboxylic acid groups (broad SMARTS) is 2. The minimum Gasteiger partial charge on any atom is -0.478 e. The summed E-state index contributed by atoms with van der Waals surface area (Å²) in [5, 5.41) is 30.7. The first-order chi connectivity index (χ1) is 9.77. The Kier molecular flexibility index (Phi) is 4.78. The van der Waals surface area contributed by atoms with E-state index in [9.17, 15) is 24.5 Å². The zero-order valence-electron chi connectivity index (χ0n) is 10.7. The summed E-state index contributed by atoms with van der Waals surface area (Å²) in [5.74, 6) is -3.20. The van der Waals surface area contributed by atoms with Gasteiger partial charge in [-0.05, 0) is 13.0 Å². The fraction of sp³-hybridized carbons (Fsp3) is 0.182. The Balaban J connectivity index is 3.43. The molecule has 21 heavy (non-hydrogen) atoms. The number of nitro benzene ring substituents is 1. The third-order valence-electron chi connectivity index (χ3n) is 2.31. The number of carboxylic acids is 2. The number of nitrogens with zero attached hydrogens (tertiary/aromatic N) is 1. The first-order valence-corrected chi connectivity index (χ1v) is 5.50. The summed E-state index contributed by atoms with van der Waals surface area (Å²) in [4.78, 5) is 43.1. The largest absolute Gasteiger partial charge is 0.478 e. The van der Waals surface area contributed by atoms with E-state index in [1.807, 2.05) is 5.32 Å². The van der Waals surface area contributed by atoms with Crippen LogP contribution < -0.4 is 5.32 Å². The Bertz CT molecular complexity index is 625. The zero-order chi connectivity index (χ0) is 16.2. The van der Waals surface area contributed by atoms with Crippen molar-refractivity contribution in [3.63, 3.8) is 0 Å². The summed E-state index contributed by atoms with van der Waals surface area (Å²) in [5.41, 5.74) is -2.69. The van der Waals surface area contributed by atoms with E-state index >= 15 is 0 Å². The Morgan fingerprint density at radius 3 is 2.24 bits per heavy atom. The molecule has 1 amide bonds. The van der Waals surface area contributed by atoms with Crippen LogP contribution in [0.15, 0.2) is 12.1 Å². The van der Waals surface area contributed by atoms with Gasteiger partial charge in [0, 0.05) is 6.07 Å². The minimum atomic E-state index is -1.63. The molecule has 0 aliphatic carbocycles. The highest BCUT2D eigenvalue weighted by atomic mass is 16.6. The van der Waals surface area contributed by atoms with Crippen LogP contribution in [0.5, 0.6) is 0 Å². The topological polar surface area (TPSA) is 156 Å². The molecule has 0 atom stereocenters. The van der Waals surface area contributed by atoms with E-state index in [1.54, 1.807) is 0 Å². The monoisotopic (exact) mass is 298 g/mol. The number of nitro groups is 1. The van der Waals surface area contributed by atoms with Crippen LogP contribution in [-0.2, 0) is 4.74 Å². The summed E-state index contributed by atoms with van der Waals surface area (Å²) in [6.45, 7) is 1.52. The van der Waals surface area contributed by atoms with Crippen LogP contribution in [-0.4, -0.2) is 39.8 Å². The molecule has 0 fully saturated rings. The number of rotatable bonds is 5. The Morgan fingerprint density at radius 1 is 1.24 bits per heavy atom. The van der Waals surface area contributed by atoms with Gasteiger partial charge < -0.3 is 14.9 Å². The highest BCUT2D eigenvalue weighted by Gasteiger charge is 2.26. The molecule has 10 nitrogen and oxygen atoms in total. The number of anilines is 1. The summed E-state index contributed by atoms with van der Waals surface area (Å²) in [6, 6.07) is 1.26. The molecule has 3 N–H and O–H groups in total. The van der Waals surface area contributed by atoms with Crippen molar-refractivity contribution in [2.45, 2.75) is 6.92 Å². The molecule has 0 saturated carbocycles. The predicted molar refractivity (Wildman–Crippen MR) is 67.7 cm³/mol. The maximum atomic E-state index is 11.3. The fourth-order valence-electron chi connectivity index (χ4n) is 1.47. The average Bonchev–Trinajstić information content (AvgIpc) is 2.37. The molecule has 0 aliphatic heterocycles. The second-order valence-corrected chi connectivity index (χ2v) is 3.63. The van der Waals surface area contributed by atoms with E-state index in [0.29, 0.717) is 12.1 Å². The van der Waals surface area contributed by atoms with Crippen LogP contribution in [0.1, 0.15) is 27.6 Å². The average molecular weight is 298 g/mol. The number of benzene rings is 1. The lowest BCUT2D eigenvalue weighted by molar-refractivity contribution is -0.385. The van der Waals surface area contributed by atoms with Crippen molar-refractivity contribution in [2.24, 2.45) is 0 Å². The Morgan fingerprint density at radius 2 is 1.81 bits per heavy atom. The van der Waals surface area contributed by atoms with Gasteiger partial charge in [-0.1, -0.05) is 0 Å². The van der Waals surface area contributed by atoms with Gasteiger partial charge in [0.05, 0.1) is 22.8 Å². The maximum Gasteiger partial charge on any atom is 0.411 e. The van der Waals surface area contributed by atoms with E-state index in [0.717, 1.165) is 0 Å². The lowest BCUT2D eigenvalue weighted by Crippen LogP contribution is -2.17. The van der Waals surface area contributed by atoms with Crippen LogP contribution >= 0.6 is 0 Å². The highest BCUT2D eigenvalue weighted by molar-refractivity contribution is 6.03. The highest BCUT2D eigenvalue weighted by Crippen LogP contribution is 2.27. The van der Waals surface area contributed by atoms with Crippen molar-refractivity contribution in [2.75, 3.05) is 11.9 Å². The third kappa shape index (κ3) is 3.65. The molecule has 1 rings (SSSR count). The normalized spacial score (nSPS) is 9.76. The van der Waals surface area contributed by atoms with Crippen molar-refractivity contribution in [3.8, 4) is 0 Å². The second kappa shape index (κ2) is 6.32. The molecule has 1 aromatic rings.